The number of amides is 3. The van der Waals surface area contributed by atoms with Crippen LogP contribution in [0.15, 0.2) is 0 Å². The summed E-state index contributed by atoms with van der Waals surface area (Å²) in [5, 5.41) is 3.05. The van der Waals surface area contributed by atoms with Crippen molar-refractivity contribution in [3.05, 3.63) is 0 Å². The maximum absolute atomic E-state index is 12.5. The summed E-state index contributed by atoms with van der Waals surface area (Å²) in [6, 6.07) is 0.316. The Balaban J connectivity index is 2.36. The van der Waals surface area contributed by atoms with Gasteiger partial charge in [-0.25, -0.2) is 4.79 Å². The number of hydrogen-bond donors (Lipinski definition) is 1. The predicted molar refractivity (Wildman–Crippen MR) is 98.0 cm³/mol. The van der Waals surface area contributed by atoms with Crippen LogP contribution in [-0.4, -0.2) is 78.5 Å². The Bertz CT molecular complexity index is 388. The van der Waals surface area contributed by atoms with Gasteiger partial charge in [0.1, 0.15) is 0 Å². The lowest BCUT2D eigenvalue weighted by atomic mass is 9.96. The van der Waals surface area contributed by atoms with E-state index in [-0.39, 0.29) is 23.9 Å². The van der Waals surface area contributed by atoms with Gasteiger partial charge in [0.2, 0.25) is 5.91 Å². The molecule has 0 bridgehead atoms. The highest BCUT2D eigenvalue weighted by Gasteiger charge is 2.29. The van der Waals surface area contributed by atoms with Crippen LogP contribution in [0.25, 0.3) is 0 Å². The smallest absolute Gasteiger partial charge is 0.320 e. The zero-order chi connectivity index (χ0) is 18.1. The van der Waals surface area contributed by atoms with Gasteiger partial charge < -0.3 is 20.0 Å². The van der Waals surface area contributed by atoms with Gasteiger partial charge in [0.25, 0.3) is 0 Å². The van der Waals surface area contributed by atoms with Crippen molar-refractivity contribution in [1.29, 1.82) is 0 Å². The molecular formula is C18H36N4O2. The van der Waals surface area contributed by atoms with Crippen molar-refractivity contribution in [3.8, 4) is 0 Å². The third kappa shape index (κ3) is 5.96. The lowest BCUT2D eigenvalue weighted by molar-refractivity contribution is -0.126. The molecule has 0 aromatic carbocycles. The van der Waals surface area contributed by atoms with Crippen molar-refractivity contribution >= 4 is 11.9 Å². The van der Waals surface area contributed by atoms with Crippen molar-refractivity contribution in [2.75, 3.05) is 45.8 Å². The maximum atomic E-state index is 12.5. The van der Waals surface area contributed by atoms with Crippen LogP contribution in [0.1, 0.15) is 47.5 Å². The molecule has 0 saturated carbocycles. The molecule has 6 heteroatoms. The number of hydrogen-bond acceptors (Lipinski definition) is 3. The van der Waals surface area contributed by atoms with E-state index < -0.39 is 0 Å². The SMILES string of the molecule is CCN(CC)CCNC(=O)C1CCN(C(=O)N(CC)C(C)C)CC1. The number of likely N-dealkylation sites (N-methyl/N-ethyl adjacent to an activating group) is 1. The molecule has 0 aromatic heterocycles. The summed E-state index contributed by atoms with van der Waals surface area (Å²) in [5.41, 5.74) is 0. The molecule has 0 aromatic rings. The van der Waals surface area contributed by atoms with E-state index in [4.69, 9.17) is 0 Å². The van der Waals surface area contributed by atoms with Crippen LogP contribution in [-0.2, 0) is 4.79 Å². The molecule has 6 nitrogen and oxygen atoms in total. The normalized spacial score (nSPS) is 15.9. The summed E-state index contributed by atoms with van der Waals surface area (Å²) in [6.45, 7) is 16.1. The Morgan fingerprint density at radius 3 is 2.12 bits per heavy atom. The number of carbonyl (C=O) groups excluding carboxylic acids is 2. The topological polar surface area (TPSA) is 55.9 Å². The quantitative estimate of drug-likeness (QED) is 0.735. The molecule has 1 fully saturated rings. The highest BCUT2D eigenvalue weighted by atomic mass is 16.2. The number of nitrogens with one attached hydrogen (secondary N) is 1. The Labute approximate surface area is 147 Å². The molecule has 1 saturated heterocycles. The molecule has 1 rings (SSSR count). The number of carbonyl (C=O) groups is 2. The zero-order valence-corrected chi connectivity index (χ0v) is 16.2. The van der Waals surface area contributed by atoms with Crippen LogP contribution >= 0.6 is 0 Å². The number of piperidine rings is 1. The third-order valence-electron chi connectivity index (χ3n) is 4.97. The summed E-state index contributed by atoms with van der Waals surface area (Å²) in [6.07, 6.45) is 1.52. The van der Waals surface area contributed by atoms with Gasteiger partial charge in [-0.15, -0.1) is 0 Å². The first-order valence-corrected chi connectivity index (χ1v) is 9.50. The second-order valence-electron chi connectivity index (χ2n) is 6.74. The van der Waals surface area contributed by atoms with Gasteiger partial charge in [-0.1, -0.05) is 13.8 Å². The van der Waals surface area contributed by atoms with Gasteiger partial charge in [-0.3, -0.25) is 4.79 Å². The highest BCUT2D eigenvalue weighted by molar-refractivity contribution is 5.79. The maximum Gasteiger partial charge on any atom is 0.320 e. The standard InChI is InChI=1S/C18H36N4O2/c1-6-20(7-2)14-11-19-17(23)16-9-12-21(13-10-16)18(24)22(8-3)15(4)5/h15-16H,6-14H2,1-5H3,(H,19,23). The molecule has 0 radical (unpaired) electrons. The van der Waals surface area contributed by atoms with Crippen LogP contribution in [0.5, 0.6) is 0 Å². The first kappa shape index (κ1) is 20.7. The second-order valence-corrected chi connectivity index (χ2v) is 6.74. The fourth-order valence-corrected chi connectivity index (χ4v) is 3.26. The molecule has 0 aliphatic carbocycles. The van der Waals surface area contributed by atoms with Crippen molar-refractivity contribution in [2.45, 2.75) is 53.5 Å². The Kier molecular flexibility index (Phi) is 9.11. The molecule has 1 aliphatic rings. The van der Waals surface area contributed by atoms with E-state index in [2.05, 4.69) is 24.1 Å². The van der Waals surface area contributed by atoms with Gasteiger partial charge in [-0.05, 0) is 46.7 Å². The summed E-state index contributed by atoms with van der Waals surface area (Å²) in [5.74, 6) is 0.186. The summed E-state index contributed by atoms with van der Waals surface area (Å²) >= 11 is 0. The summed E-state index contributed by atoms with van der Waals surface area (Å²) < 4.78 is 0. The molecule has 0 atom stereocenters. The fourth-order valence-electron chi connectivity index (χ4n) is 3.26. The molecular weight excluding hydrogens is 304 g/mol. The van der Waals surface area contributed by atoms with Crippen molar-refractivity contribution in [1.82, 2.24) is 20.0 Å². The Morgan fingerprint density at radius 1 is 1.08 bits per heavy atom. The van der Waals surface area contributed by atoms with E-state index >= 15 is 0 Å². The minimum atomic E-state index is 0.0416. The minimum Gasteiger partial charge on any atom is -0.355 e. The van der Waals surface area contributed by atoms with Crippen molar-refractivity contribution in [2.24, 2.45) is 5.92 Å². The number of urea groups is 1. The van der Waals surface area contributed by atoms with E-state index in [9.17, 15) is 9.59 Å². The van der Waals surface area contributed by atoms with Crippen LogP contribution < -0.4 is 5.32 Å². The predicted octanol–water partition coefficient (Wildman–Crippen LogP) is 2.01. The highest BCUT2D eigenvalue weighted by Crippen LogP contribution is 2.19. The molecule has 1 heterocycles. The monoisotopic (exact) mass is 340 g/mol. The van der Waals surface area contributed by atoms with Gasteiger partial charge >= 0.3 is 6.03 Å². The van der Waals surface area contributed by atoms with Gasteiger partial charge in [-0.2, -0.15) is 0 Å². The summed E-state index contributed by atoms with van der Waals surface area (Å²) in [7, 11) is 0. The van der Waals surface area contributed by atoms with Gasteiger partial charge in [0.15, 0.2) is 0 Å². The minimum absolute atomic E-state index is 0.0416. The largest absolute Gasteiger partial charge is 0.355 e. The fraction of sp³-hybridized carbons (Fsp3) is 0.889. The third-order valence-corrected chi connectivity index (χ3v) is 4.97. The lowest BCUT2D eigenvalue weighted by Gasteiger charge is -2.36. The lowest BCUT2D eigenvalue weighted by Crippen LogP contribution is -2.50. The average molecular weight is 341 g/mol. The number of likely N-dealkylation sites (tertiary alicyclic amines) is 1. The molecule has 0 unspecified atom stereocenters. The van der Waals surface area contributed by atoms with Gasteiger partial charge in [0.05, 0.1) is 0 Å². The first-order valence-electron chi connectivity index (χ1n) is 9.50. The molecule has 3 amide bonds. The molecule has 24 heavy (non-hydrogen) atoms. The van der Waals surface area contributed by atoms with E-state index in [1.54, 1.807) is 0 Å². The molecule has 140 valence electrons. The second kappa shape index (κ2) is 10.5. The molecule has 1 aliphatic heterocycles. The first-order chi connectivity index (χ1) is 11.4. The van der Waals surface area contributed by atoms with Crippen LogP contribution in [0, 0.1) is 5.92 Å². The Morgan fingerprint density at radius 2 is 1.67 bits per heavy atom. The zero-order valence-electron chi connectivity index (χ0n) is 16.2. The summed E-state index contributed by atoms with van der Waals surface area (Å²) in [4.78, 5) is 30.9. The Hall–Kier alpha value is -1.30. The number of nitrogens with zero attached hydrogens (tertiary/aromatic N) is 3. The van der Waals surface area contributed by atoms with Crippen LogP contribution in [0.4, 0.5) is 4.79 Å². The molecule has 1 N–H and O–H groups in total. The van der Waals surface area contributed by atoms with E-state index in [0.717, 1.165) is 39.0 Å². The van der Waals surface area contributed by atoms with E-state index in [1.165, 1.54) is 0 Å². The van der Waals surface area contributed by atoms with E-state index in [1.807, 2.05) is 30.6 Å². The van der Waals surface area contributed by atoms with Crippen molar-refractivity contribution in [3.63, 3.8) is 0 Å². The van der Waals surface area contributed by atoms with Crippen molar-refractivity contribution < 1.29 is 9.59 Å². The average Bonchev–Trinajstić information content (AvgIpc) is 2.59. The van der Waals surface area contributed by atoms with Crippen LogP contribution in [0.2, 0.25) is 0 Å². The van der Waals surface area contributed by atoms with E-state index in [0.29, 0.717) is 19.6 Å². The number of rotatable bonds is 8. The van der Waals surface area contributed by atoms with Gasteiger partial charge in [0, 0.05) is 44.7 Å². The van der Waals surface area contributed by atoms with Crippen LogP contribution in [0.3, 0.4) is 0 Å². The molecule has 0 spiro atoms.